The highest BCUT2D eigenvalue weighted by Gasteiger charge is 2.20. The number of imidazole rings is 1. The number of benzene rings is 2. The van der Waals surface area contributed by atoms with Crippen LogP contribution in [-0.2, 0) is 13.1 Å². The van der Waals surface area contributed by atoms with E-state index in [4.69, 9.17) is 16.6 Å². The first-order valence-electron chi connectivity index (χ1n) is 9.89. The lowest BCUT2D eigenvalue weighted by Gasteiger charge is -2.24. The van der Waals surface area contributed by atoms with Gasteiger partial charge in [0.25, 0.3) is 5.91 Å². The van der Waals surface area contributed by atoms with Crippen molar-refractivity contribution in [1.82, 2.24) is 14.5 Å². The summed E-state index contributed by atoms with van der Waals surface area (Å²) in [4.78, 5) is 20.0. The fraction of sp³-hybridized carbons (Fsp3) is 0.391. The Kier molecular flexibility index (Phi) is 6.40. The van der Waals surface area contributed by atoms with Crippen LogP contribution in [0.25, 0.3) is 11.0 Å². The van der Waals surface area contributed by atoms with Gasteiger partial charge < -0.3 is 9.47 Å². The number of carbonyl (C=O) groups is 1. The van der Waals surface area contributed by atoms with Crippen LogP contribution < -0.4 is 0 Å². The van der Waals surface area contributed by atoms with Gasteiger partial charge in [0, 0.05) is 23.7 Å². The number of rotatable bonds is 7. The maximum Gasteiger partial charge on any atom is 0.254 e. The minimum atomic E-state index is 0.0529. The Morgan fingerprint density at radius 1 is 1.21 bits per heavy atom. The van der Waals surface area contributed by atoms with E-state index in [1.165, 1.54) is 0 Å². The molecule has 0 aliphatic carbocycles. The molecule has 0 aliphatic rings. The number of fused-ring (bicyclic) bond motifs is 1. The summed E-state index contributed by atoms with van der Waals surface area (Å²) in [6.07, 6.45) is 0.954. The van der Waals surface area contributed by atoms with Crippen molar-refractivity contribution in [1.29, 1.82) is 0 Å². The highest BCUT2D eigenvalue weighted by atomic mass is 35.5. The highest BCUT2D eigenvalue weighted by Crippen LogP contribution is 2.22. The van der Waals surface area contributed by atoms with E-state index in [1.807, 2.05) is 54.3 Å². The van der Waals surface area contributed by atoms with Gasteiger partial charge in [-0.05, 0) is 56.5 Å². The van der Waals surface area contributed by atoms with Crippen LogP contribution in [0.15, 0.2) is 42.5 Å². The molecule has 0 aliphatic heterocycles. The van der Waals surface area contributed by atoms with Crippen LogP contribution in [0.2, 0.25) is 5.02 Å². The van der Waals surface area contributed by atoms with E-state index in [0.29, 0.717) is 24.0 Å². The summed E-state index contributed by atoms with van der Waals surface area (Å²) in [6.45, 7) is 10.4. The SMILES string of the molecule is CCn1c(CN(CCC(C)C)C(=O)c2cccc(C)c2)nc2ccc(Cl)cc21. The topological polar surface area (TPSA) is 38.1 Å². The quantitative estimate of drug-likeness (QED) is 0.512. The molecule has 3 aromatic rings. The molecule has 5 heteroatoms. The van der Waals surface area contributed by atoms with Gasteiger partial charge >= 0.3 is 0 Å². The molecule has 1 aromatic heterocycles. The highest BCUT2D eigenvalue weighted by molar-refractivity contribution is 6.31. The first kappa shape index (κ1) is 20.4. The number of hydrogen-bond acceptors (Lipinski definition) is 2. The number of halogens is 1. The lowest BCUT2D eigenvalue weighted by atomic mass is 10.1. The van der Waals surface area contributed by atoms with Crippen molar-refractivity contribution in [2.24, 2.45) is 5.92 Å². The molecule has 0 bridgehead atoms. The van der Waals surface area contributed by atoms with Gasteiger partial charge in [0.15, 0.2) is 0 Å². The fourth-order valence-corrected chi connectivity index (χ4v) is 3.58. The molecule has 0 saturated heterocycles. The van der Waals surface area contributed by atoms with Crippen LogP contribution in [0.1, 0.15) is 48.9 Å². The molecule has 0 unspecified atom stereocenters. The zero-order valence-corrected chi connectivity index (χ0v) is 17.8. The second-order valence-corrected chi connectivity index (χ2v) is 8.12. The van der Waals surface area contributed by atoms with Gasteiger partial charge in [0.05, 0.1) is 17.6 Å². The Labute approximate surface area is 172 Å². The maximum absolute atomic E-state index is 13.3. The average molecular weight is 398 g/mol. The van der Waals surface area contributed by atoms with Crippen molar-refractivity contribution in [2.75, 3.05) is 6.54 Å². The molecule has 2 aromatic carbocycles. The van der Waals surface area contributed by atoms with Gasteiger partial charge in [-0.2, -0.15) is 0 Å². The summed E-state index contributed by atoms with van der Waals surface area (Å²) in [6, 6.07) is 13.5. The van der Waals surface area contributed by atoms with Crippen molar-refractivity contribution in [3.8, 4) is 0 Å². The molecular weight excluding hydrogens is 370 g/mol. The molecule has 0 radical (unpaired) electrons. The van der Waals surface area contributed by atoms with Crippen molar-refractivity contribution in [3.63, 3.8) is 0 Å². The number of nitrogens with zero attached hydrogens (tertiary/aromatic N) is 3. The van der Waals surface area contributed by atoms with Gasteiger partial charge in [0.1, 0.15) is 5.82 Å². The second kappa shape index (κ2) is 8.78. The first-order valence-corrected chi connectivity index (χ1v) is 10.3. The molecule has 0 atom stereocenters. The summed E-state index contributed by atoms with van der Waals surface area (Å²) in [7, 11) is 0. The molecule has 1 amide bonds. The van der Waals surface area contributed by atoms with E-state index in [1.54, 1.807) is 0 Å². The second-order valence-electron chi connectivity index (χ2n) is 7.68. The van der Waals surface area contributed by atoms with Gasteiger partial charge in [-0.1, -0.05) is 43.1 Å². The summed E-state index contributed by atoms with van der Waals surface area (Å²) in [5.74, 6) is 1.47. The number of carbonyl (C=O) groups excluding carboxylic acids is 1. The normalized spacial score (nSPS) is 11.4. The third-order valence-corrected chi connectivity index (χ3v) is 5.20. The third-order valence-electron chi connectivity index (χ3n) is 4.97. The van der Waals surface area contributed by atoms with Crippen LogP contribution >= 0.6 is 11.6 Å². The monoisotopic (exact) mass is 397 g/mol. The molecular formula is C23H28ClN3O. The molecule has 28 heavy (non-hydrogen) atoms. The average Bonchev–Trinajstić information content (AvgIpc) is 3.00. The third kappa shape index (κ3) is 4.56. The largest absolute Gasteiger partial charge is 0.331 e. The van der Waals surface area contributed by atoms with Crippen LogP contribution in [0, 0.1) is 12.8 Å². The first-order chi connectivity index (χ1) is 13.4. The summed E-state index contributed by atoms with van der Waals surface area (Å²) < 4.78 is 2.15. The van der Waals surface area contributed by atoms with E-state index in [9.17, 15) is 4.79 Å². The standard InChI is InChI=1S/C23H28ClN3O/c1-5-27-21-14-19(24)9-10-20(21)25-22(27)15-26(12-11-16(2)3)23(28)18-8-6-7-17(4)13-18/h6-10,13-14,16H,5,11-12,15H2,1-4H3. The smallest absolute Gasteiger partial charge is 0.254 e. The van der Waals surface area contributed by atoms with Crippen molar-refractivity contribution < 1.29 is 4.79 Å². The van der Waals surface area contributed by atoms with E-state index in [0.717, 1.165) is 41.0 Å². The molecule has 0 fully saturated rings. The molecule has 0 N–H and O–H groups in total. The predicted octanol–water partition coefficient (Wildman–Crippen LogP) is 5.71. The Morgan fingerprint density at radius 2 is 2.00 bits per heavy atom. The fourth-order valence-electron chi connectivity index (χ4n) is 3.42. The molecule has 0 spiro atoms. The lowest BCUT2D eigenvalue weighted by molar-refractivity contribution is 0.0729. The van der Waals surface area contributed by atoms with E-state index in [-0.39, 0.29) is 5.91 Å². The van der Waals surface area contributed by atoms with E-state index in [2.05, 4.69) is 25.3 Å². The Balaban J connectivity index is 1.95. The molecule has 148 valence electrons. The summed E-state index contributed by atoms with van der Waals surface area (Å²) in [5, 5.41) is 0.696. The molecule has 1 heterocycles. The van der Waals surface area contributed by atoms with E-state index < -0.39 is 0 Å². The van der Waals surface area contributed by atoms with Gasteiger partial charge in [-0.15, -0.1) is 0 Å². The zero-order valence-electron chi connectivity index (χ0n) is 17.1. The Hall–Kier alpha value is -2.33. The Morgan fingerprint density at radius 3 is 2.68 bits per heavy atom. The maximum atomic E-state index is 13.3. The number of amides is 1. The van der Waals surface area contributed by atoms with Crippen LogP contribution in [-0.4, -0.2) is 26.9 Å². The van der Waals surface area contributed by atoms with Crippen LogP contribution in [0.4, 0.5) is 0 Å². The number of aryl methyl sites for hydroxylation is 2. The van der Waals surface area contributed by atoms with Gasteiger partial charge in [0.2, 0.25) is 0 Å². The van der Waals surface area contributed by atoms with Crippen LogP contribution in [0.3, 0.4) is 0 Å². The van der Waals surface area contributed by atoms with E-state index >= 15 is 0 Å². The molecule has 4 nitrogen and oxygen atoms in total. The Bertz CT molecular complexity index is 977. The minimum Gasteiger partial charge on any atom is -0.331 e. The molecule has 3 rings (SSSR count). The zero-order chi connectivity index (χ0) is 20.3. The predicted molar refractivity (Wildman–Crippen MR) is 116 cm³/mol. The minimum absolute atomic E-state index is 0.0529. The number of hydrogen-bond donors (Lipinski definition) is 0. The van der Waals surface area contributed by atoms with Crippen molar-refractivity contribution in [3.05, 3.63) is 64.4 Å². The van der Waals surface area contributed by atoms with Crippen molar-refractivity contribution in [2.45, 2.75) is 47.2 Å². The molecule has 0 saturated carbocycles. The van der Waals surface area contributed by atoms with Crippen LogP contribution in [0.5, 0.6) is 0 Å². The lowest BCUT2D eigenvalue weighted by Crippen LogP contribution is -2.33. The summed E-state index contributed by atoms with van der Waals surface area (Å²) in [5.41, 5.74) is 3.74. The van der Waals surface area contributed by atoms with Crippen molar-refractivity contribution >= 4 is 28.5 Å². The summed E-state index contributed by atoms with van der Waals surface area (Å²) >= 11 is 6.19. The van der Waals surface area contributed by atoms with Gasteiger partial charge in [-0.25, -0.2) is 4.98 Å². The number of aromatic nitrogens is 2. The van der Waals surface area contributed by atoms with Gasteiger partial charge in [-0.3, -0.25) is 4.79 Å².